The number of nitrogens with two attached hydrogens (primary N) is 1. The van der Waals surface area contributed by atoms with Crippen LogP contribution in [0.5, 0.6) is 0 Å². The van der Waals surface area contributed by atoms with Gasteiger partial charge in [0.15, 0.2) is 0 Å². The van der Waals surface area contributed by atoms with Gasteiger partial charge in [-0.2, -0.15) is 0 Å². The van der Waals surface area contributed by atoms with Crippen LogP contribution in [-0.4, -0.2) is 55.1 Å². The standard InChI is InChI=1S/C39H63NO6/c1-23(2)24(3)35(5)17-18-37(7)27-13-14-31-36(6)21-44-22-39(31,28(27)15-16-38(37,8)32(35)34(42)43)19-30(46-25(4)41)33(36)45-20-29(40)26-11-9-10-12-26/h15,23-24,26-27,29-33H,9-14,16-22,40H2,1-8H3,(H,42,43)/t24-,27+,29?,30-,31+,32-,33+,35-,36+,37-,38+,39+/m1/s1. The lowest BCUT2D eigenvalue weighted by atomic mass is 9.34. The maximum absolute atomic E-state index is 13.4. The minimum Gasteiger partial charge on any atom is -0.481 e. The summed E-state index contributed by atoms with van der Waals surface area (Å²) in [5, 5.41) is 11.0. The Kier molecular flexibility index (Phi) is 8.88. The highest BCUT2D eigenvalue weighted by Gasteiger charge is 2.72. The summed E-state index contributed by atoms with van der Waals surface area (Å²) in [6.07, 6.45) is 12.1. The molecule has 0 amide bonds. The smallest absolute Gasteiger partial charge is 0.307 e. The second-order valence-corrected chi connectivity index (χ2v) is 18.2. The Morgan fingerprint density at radius 1 is 1.02 bits per heavy atom. The van der Waals surface area contributed by atoms with Crippen LogP contribution in [0.3, 0.4) is 0 Å². The topological polar surface area (TPSA) is 108 Å². The van der Waals surface area contributed by atoms with Crippen molar-refractivity contribution in [2.45, 2.75) is 138 Å². The molecule has 2 bridgehead atoms. The molecule has 7 nitrogen and oxygen atoms in total. The van der Waals surface area contributed by atoms with Crippen LogP contribution in [0.2, 0.25) is 0 Å². The van der Waals surface area contributed by atoms with Crippen LogP contribution in [0.1, 0.15) is 120 Å². The van der Waals surface area contributed by atoms with E-state index in [4.69, 9.17) is 19.9 Å². The van der Waals surface area contributed by atoms with Crippen molar-refractivity contribution in [2.75, 3.05) is 19.8 Å². The van der Waals surface area contributed by atoms with Crippen LogP contribution in [-0.2, 0) is 23.8 Å². The van der Waals surface area contributed by atoms with Gasteiger partial charge < -0.3 is 25.1 Å². The Hall–Kier alpha value is -1.44. The highest BCUT2D eigenvalue weighted by molar-refractivity contribution is 5.73. The SMILES string of the molecule is CC(=O)O[C@@H]1C[C@@]23COC[C@@](C)([C@@H]2CC[C@H]2C3=CC[C@@]3(C)[C@H](C(=O)O)[C@@](C)([C@H](C)C(C)C)CC[C@]23C)[C@H]1OCC(N)C1CCCC1. The van der Waals surface area contributed by atoms with E-state index in [9.17, 15) is 14.7 Å². The molecule has 6 aliphatic rings. The quantitative estimate of drug-likeness (QED) is 0.210. The zero-order chi connectivity index (χ0) is 33.4. The van der Waals surface area contributed by atoms with Gasteiger partial charge in [0.1, 0.15) is 12.2 Å². The number of aliphatic carboxylic acids is 1. The molecule has 6 rings (SSSR count). The van der Waals surface area contributed by atoms with Gasteiger partial charge in [-0.15, -0.1) is 0 Å². The molecule has 7 heteroatoms. The van der Waals surface area contributed by atoms with Crippen LogP contribution in [0.25, 0.3) is 0 Å². The number of carboxylic acids is 1. The third-order valence-electron chi connectivity index (χ3n) is 15.9. The van der Waals surface area contributed by atoms with Crippen molar-refractivity contribution in [3.05, 3.63) is 11.6 Å². The van der Waals surface area contributed by atoms with E-state index in [1.165, 1.54) is 38.2 Å². The molecule has 1 heterocycles. The van der Waals surface area contributed by atoms with Gasteiger partial charge in [0.05, 0.1) is 25.7 Å². The summed E-state index contributed by atoms with van der Waals surface area (Å²) in [6.45, 7) is 19.3. The van der Waals surface area contributed by atoms with Crippen LogP contribution >= 0.6 is 0 Å². The van der Waals surface area contributed by atoms with Gasteiger partial charge in [0.25, 0.3) is 0 Å². The maximum Gasteiger partial charge on any atom is 0.307 e. The molecule has 12 atom stereocenters. The predicted molar refractivity (Wildman–Crippen MR) is 179 cm³/mol. The summed E-state index contributed by atoms with van der Waals surface area (Å²) in [5.41, 5.74) is 6.80. The second-order valence-electron chi connectivity index (χ2n) is 18.2. The predicted octanol–water partition coefficient (Wildman–Crippen LogP) is 7.41. The molecular formula is C39H63NO6. The van der Waals surface area contributed by atoms with Crippen molar-refractivity contribution < 1.29 is 28.9 Å². The number of rotatable bonds is 8. The minimum atomic E-state index is -0.635. The molecule has 0 radical (unpaired) electrons. The maximum atomic E-state index is 13.4. The largest absolute Gasteiger partial charge is 0.481 e. The Morgan fingerprint density at radius 2 is 1.72 bits per heavy atom. The molecule has 1 saturated heterocycles. The second kappa shape index (κ2) is 11.9. The molecule has 1 unspecified atom stereocenters. The van der Waals surface area contributed by atoms with Gasteiger partial charge in [0.2, 0.25) is 0 Å². The molecule has 0 aromatic rings. The van der Waals surface area contributed by atoms with Crippen LogP contribution in [0.15, 0.2) is 11.6 Å². The van der Waals surface area contributed by atoms with Crippen molar-refractivity contribution in [2.24, 2.45) is 68.3 Å². The number of fused-ring (bicyclic) bond motifs is 3. The fraction of sp³-hybridized carbons (Fsp3) is 0.897. The van der Waals surface area contributed by atoms with Crippen molar-refractivity contribution >= 4 is 11.9 Å². The molecule has 0 aromatic heterocycles. The number of allylic oxidation sites excluding steroid dienone is 1. The van der Waals surface area contributed by atoms with Gasteiger partial charge in [0, 0.05) is 23.8 Å². The Balaban J connectivity index is 1.37. The van der Waals surface area contributed by atoms with E-state index in [1.807, 2.05) is 0 Å². The van der Waals surface area contributed by atoms with Crippen molar-refractivity contribution in [3.63, 3.8) is 0 Å². The number of esters is 1. The molecule has 3 N–H and O–H groups in total. The molecular weight excluding hydrogens is 578 g/mol. The summed E-state index contributed by atoms with van der Waals surface area (Å²) in [6, 6.07) is -0.00716. The molecule has 46 heavy (non-hydrogen) atoms. The van der Waals surface area contributed by atoms with E-state index in [0.29, 0.717) is 49.9 Å². The van der Waals surface area contributed by atoms with Gasteiger partial charge in [-0.25, -0.2) is 0 Å². The first kappa shape index (κ1) is 34.4. The zero-order valence-corrected chi connectivity index (χ0v) is 30.0. The Morgan fingerprint density at radius 3 is 2.35 bits per heavy atom. The van der Waals surface area contributed by atoms with Crippen molar-refractivity contribution in [3.8, 4) is 0 Å². The zero-order valence-electron chi connectivity index (χ0n) is 30.0. The third-order valence-corrected chi connectivity index (χ3v) is 15.9. The average molecular weight is 642 g/mol. The fourth-order valence-electron chi connectivity index (χ4n) is 12.9. The first-order valence-electron chi connectivity index (χ1n) is 18.6. The molecule has 1 aliphatic heterocycles. The number of carboxylic acid groups (broad SMARTS) is 1. The minimum absolute atomic E-state index is 0.00716. The van der Waals surface area contributed by atoms with Gasteiger partial charge in [-0.3, -0.25) is 9.59 Å². The number of ether oxygens (including phenoxy) is 3. The van der Waals surface area contributed by atoms with Crippen LogP contribution in [0.4, 0.5) is 0 Å². The van der Waals surface area contributed by atoms with E-state index in [1.54, 1.807) is 0 Å². The van der Waals surface area contributed by atoms with E-state index in [0.717, 1.165) is 32.1 Å². The summed E-state index contributed by atoms with van der Waals surface area (Å²) in [7, 11) is 0. The Bertz CT molecular complexity index is 1230. The summed E-state index contributed by atoms with van der Waals surface area (Å²) in [4.78, 5) is 26.0. The lowest BCUT2D eigenvalue weighted by molar-refractivity contribution is -0.267. The van der Waals surface area contributed by atoms with Gasteiger partial charge in [-0.05, 0) is 97.2 Å². The van der Waals surface area contributed by atoms with E-state index >= 15 is 0 Å². The third kappa shape index (κ3) is 4.89. The van der Waals surface area contributed by atoms with E-state index in [-0.39, 0.29) is 57.2 Å². The van der Waals surface area contributed by atoms with Gasteiger partial charge >= 0.3 is 11.9 Å². The molecule has 0 aromatic carbocycles. The molecule has 4 saturated carbocycles. The van der Waals surface area contributed by atoms with E-state index < -0.39 is 11.9 Å². The van der Waals surface area contributed by atoms with Gasteiger partial charge in [-0.1, -0.05) is 73.0 Å². The first-order valence-corrected chi connectivity index (χ1v) is 18.6. The molecule has 0 spiro atoms. The molecule has 5 fully saturated rings. The molecule has 260 valence electrons. The number of hydrogen-bond acceptors (Lipinski definition) is 6. The van der Waals surface area contributed by atoms with Crippen molar-refractivity contribution in [1.29, 1.82) is 0 Å². The fourth-order valence-corrected chi connectivity index (χ4v) is 12.9. The van der Waals surface area contributed by atoms with Crippen molar-refractivity contribution in [1.82, 2.24) is 0 Å². The summed E-state index contributed by atoms with van der Waals surface area (Å²) >= 11 is 0. The monoisotopic (exact) mass is 641 g/mol. The van der Waals surface area contributed by atoms with Crippen LogP contribution in [0, 0.1) is 62.6 Å². The molecule has 5 aliphatic carbocycles. The number of carbonyl (C=O) groups is 2. The lowest BCUT2D eigenvalue weighted by Crippen LogP contribution is -2.70. The summed E-state index contributed by atoms with van der Waals surface area (Å²) < 4.78 is 19.6. The van der Waals surface area contributed by atoms with Crippen LogP contribution < -0.4 is 5.73 Å². The normalized spacial score (nSPS) is 46.8. The number of carbonyl (C=O) groups excluding carboxylic acids is 1. The van der Waals surface area contributed by atoms with E-state index in [2.05, 4.69) is 54.5 Å². The average Bonchev–Trinajstić information content (AvgIpc) is 3.52. The highest BCUT2D eigenvalue weighted by Crippen LogP contribution is 2.75. The Labute approximate surface area is 278 Å². The highest BCUT2D eigenvalue weighted by atomic mass is 16.6. The lowest BCUT2D eigenvalue weighted by Gasteiger charge is -2.71. The summed E-state index contributed by atoms with van der Waals surface area (Å²) in [5.74, 6) is 0.528. The number of hydrogen-bond donors (Lipinski definition) is 2. The first-order chi connectivity index (χ1) is 21.5.